The summed E-state index contributed by atoms with van der Waals surface area (Å²) in [7, 11) is -4.01. The molecule has 1 aliphatic heterocycles. The van der Waals surface area contributed by atoms with Crippen LogP contribution in [0.15, 0.2) is 21.5 Å². The molecule has 1 aliphatic rings. The van der Waals surface area contributed by atoms with E-state index >= 15 is 0 Å². The van der Waals surface area contributed by atoms with Crippen molar-refractivity contribution in [1.82, 2.24) is 5.32 Å². The molecule has 0 radical (unpaired) electrons. The summed E-state index contributed by atoms with van der Waals surface area (Å²) in [5, 5.41) is 7.58. The van der Waals surface area contributed by atoms with E-state index in [0.29, 0.717) is 17.6 Å². The van der Waals surface area contributed by atoms with Crippen molar-refractivity contribution in [3.8, 4) is 0 Å². The van der Waals surface area contributed by atoms with E-state index in [4.69, 9.17) is 21.5 Å². The van der Waals surface area contributed by atoms with Gasteiger partial charge in [-0.2, -0.15) is 0 Å². The van der Waals surface area contributed by atoms with Crippen molar-refractivity contribution in [2.75, 3.05) is 13.2 Å². The number of amides is 1. The predicted octanol–water partition coefficient (Wildman–Crippen LogP) is 1.66. The molecule has 0 aliphatic carbocycles. The van der Waals surface area contributed by atoms with E-state index in [0.717, 1.165) is 12.8 Å². The third kappa shape index (κ3) is 4.17. The van der Waals surface area contributed by atoms with Gasteiger partial charge >= 0.3 is 0 Å². The summed E-state index contributed by atoms with van der Waals surface area (Å²) in [6, 6.07) is 2.70. The number of halogens is 2. The Labute approximate surface area is 136 Å². The van der Waals surface area contributed by atoms with Gasteiger partial charge in [-0.25, -0.2) is 13.6 Å². The van der Waals surface area contributed by atoms with Gasteiger partial charge in [0.05, 0.1) is 16.7 Å². The Morgan fingerprint density at radius 2 is 2.24 bits per heavy atom. The fraction of sp³-hybridized carbons (Fsp3) is 0.417. The first-order valence-corrected chi connectivity index (χ1v) is 8.92. The van der Waals surface area contributed by atoms with Crippen LogP contribution < -0.4 is 10.5 Å². The van der Waals surface area contributed by atoms with Gasteiger partial charge in [0.25, 0.3) is 5.91 Å². The summed E-state index contributed by atoms with van der Waals surface area (Å²) in [6.45, 7) is 1.04. The van der Waals surface area contributed by atoms with Crippen LogP contribution >= 0.6 is 27.5 Å². The molecule has 0 saturated carbocycles. The zero-order chi connectivity index (χ0) is 15.6. The largest absolute Gasteiger partial charge is 0.376 e. The average molecular weight is 398 g/mol. The summed E-state index contributed by atoms with van der Waals surface area (Å²) in [5.74, 6) is -0.471. The van der Waals surface area contributed by atoms with Gasteiger partial charge in [-0.3, -0.25) is 4.79 Å². The van der Waals surface area contributed by atoms with E-state index in [2.05, 4.69) is 21.2 Å². The molecular formula is C12H14BrClN2O4S. The van der Waals surface area contributed by atoms with E-state index in [-0.39, 0.29) is 21.6 Å². The summed E-state index contributed by atoms with van der Waals surface area (Å²) in [5.41, 5.74) is 0.0491. The second-order valence-electron chi connectivity index (χ2n) is 4.66. The maximum Gasteiger partial charge on any atom is 0.252 e. The number of primary sulfonamides is 1. The highest BCUT2D eigenvalue weighted by Crippen LogP contribution is 2.29. The van der Waals surface area contributed by atoms with Crippen LogP contribution in [-0.2, 0) is 14.8 Å². The Balaban J connectivity index is 2.22. The van der Waals surface area contributed by atoms with E-state index in [1.165, 1.54) is 12.1 Å². The quantitative estimate of drug-likeness (QED) is 0.807. The van der Waals surface area contributed by atoms with Crippen LogP contribution in [-0.4, -0.2) is 33.6 Å². The lowest BCUT2D eigenvalue weighted by Crippen LogP contribution is -2.32. The summed E-state index contributed by atoms with van der Waals surface area (Å²) in [6.07, 6.45) is 1.83. The molecule has 2 rings (SSSR count). The SMILES string of the molecule is NS(=O)(=O)c1cc(Br)cc(C(=O)NCC2CCCO2)c1Cl. The second kappa shape index (κ2) is 6.62. The fourth-order valence-corrected chi connectivity index (χ4v) is 3.82. The van der Waals surface area contributed by atoms with E-state index < -0.39 is 15.9 Å². The number of benzene rings is 1. The first-order chi connectivity index (χ1) is 9.79. The first-order valence-electron chi connectivity index (χ1n) is 6.20. The summed E-state index contributed by atoms with van der Waals surface area (Å²) < 4.78 is 28.7. The Morgan fingerprint density at radius 1 is 1.52 bits per heavy atom. The second-order valence-corrected chi connectivity index (χ2v) is 7.48. The molecule has 1 atom stereocenters. The molecule has 6 nitrogen and oxygen atoms in total. The van der Waals surface area contributed by atoms with E-state index in [9.17, 15) is 13.2 Å². The van der Waals surface area contributed by atoms with Crippen molar-refractivity contribution in [3.63, 3.8) is 0 Å². The van der Waals surface area contributed by atoms with Crippen LogP contribution in [0.1, 0.15) is 23.2 Å². The number of hydrogen-bond donors (Lipinski definition) is 2. The topological polar surface area (TPSA) is 98.5 Å². The number of nitrogens with two attached hydrogens (primary N) is 1. The standard InChI is InChI=1S/C12H14BrClN2O4S/c13-7-4-9(11(14)10(5-7)21(15,18)19)12(17)16-6-8-2-1-3-20-8/h4-5,8H,1-3,6H2,(H,16,17)(H2,15,18,19). The molecular weight excluding hydrogens is 384 g/mol. The number of carbonyl (C=O) groups is 1. The van der Waals surface area contributed by atoms with Crippen LogP contribution in [0, 0.1) is 0 Å². The number of hydrogen-bond acceptors (Lipinski definition) is 4. The van der Waals surface area contributed by atoms with Crippen LogP contribution in [0.25, 0.3) is 0 Å². The molecule has 1 unspecified atom stereocenters. The zero-order valence-electron chi connectivity index (χ0n) is 10.9. The third-order valence-electron chi connectivity index (χ3n) is 3.07. The number of ether oxygens (including phenoxy) is 1. The molecule has 21 heavy (non-hydrogen) atoms. The average Bonchev–Trinajstić information content (AvgIpc) is 2.90. The van der Waals surface area contributed by atoms with Crippen molar-refractivity contribution < 1.29 is 17.9 Å². The highest BCUT2D eigenvalue weighted by molar-refractivity contribution is 9.10. The van der Waals surface area contributed by atoms with Crippen LogP contribution in [0.3, 0.4) is 0 Å². The van der Waals surface area contributed by atoms with Gasteiger partial charge in [-0.05, 0) is 25.0 Å². The molecule has 1 saturated heterocycles. The number of rotatable bonds is 4. The molecule has 116 valence electrons. The highest BCUT2D eigenvalue weighted by Gasteiger charge is 2.22. The minimum atomic E-state index is -4.01. The predicted molar refractivity (Wildman–Crippen MR) is 81.8 cm³/mol. The number of sulfonamides is 1. The minimum Gasteiger partial charge on any atom is -0.376 e. The molecule has 1 aromatic carbocycles. The van der Waals surface area contributed by atoms with Gasteiger partial charge in [0.1, 0.15) is 4.90 Å². The number of carbonyl (C=O) groups excluding carboxylic acids is 1. The van der Waals surface area contributed by atoms with Crippen molar-refractivity contribution in [3.05, 3.63) is 27.2 Å². The molecule has 1 fully saturated rings. The normalized spacial score (nSPS) is 18.7. The molecule has 1 amide bonds. The van der Waals surface area contributed by atoms with Gasteiger partial charge < -0.3 is 10.1 Å². The van der Waals surface area contributed by atoms with Gasteiger partial charge in [0.15, 0.2) is 0 Å². The molecule has 0 bridgehead atoms. The smallest absolute Gasteiger partial charge is 0.252 e. The monoisotopic (exact) mass is 396 g/mol. The Bertz CT molecular complexity index is 659. The first kappa shape index (κ1) is 16.7. The van der Waals surface area contributed by atoms with E-state index in [1.807, 2.05) is 0 Å². The minimum absolute atomic E-state index is 0.0161. The molecule has 3 N–H and O–H groups in total. The lowest BCUT2D eigenvalue weighted by atomic mass is 10.2. The van der Waals surface area contributed by atoms with Crippen molar-refractivity contribution in [2.24, 2.45) is 5.14 Å². The maximum atomic E-state index is 12.1. The summed E-state index contributed by atoms with van der Waals surface area (Å²) >= 11 is 9.13. The van der Waals surface area contributed by atoms with Crippen LogP contribution in [0.2, 0.25) is 5.02 Å². The van der Waals surface area contributed by atoms with Crippen LogP contribution in [0.4, 0.5) is 0 Å². The Kier molecular flexibility index (Phi) is 5.26. The molecule has 9 heteroatoms. The van der Waals surface area contributed by atoms with E-state index in [1.54, 1.807) is 0 Å². The van der Waals surface area contributed by atoms with Gasteiger partial charge in [-0.15, -0.1) is 0 Å². The Morgan fingerprint density at radius 3 is 2.81 bits per heavy atom. The van der Waals surface area contributed by atoms with Crippen molar-refractivity contribution in [1.29, 1.82) is 0 Å². The summed E-state index contributed by atoms with van der Waals surface area (Å²) in [4.78, 5) is 11.9. The Hall–Kier alpha value is -0.670. The molecule has 0 spiro atoms. The van der Waals surface area contributed by atoms with Crippen LogP contribution in [0.5, 0.6) is 0 Å². The van der Waals surface area contributed by atoms with Gasteiger partial charge in [0.2, 0.25) is 10.0 Å². The van der Waals surface area contributed by atoms with Crippen molar-refractivity contribution >= 4 is 43.5 Å². The third-order valence-corrected chi connectivity index (χ3v) is 4.98. The molecule has 1 aromatic rings. The zero-order valence-corrected chi connectivity index (χ0v) is 14.1. The number of nitrogens with one attached hydrogen (secondary N) is 1. The van der Waals surface area contributed by atoms with Gasteiger partial charge in [-0.1, -0.05) is 27.5 Å². The molecule has 1 heterocycles. The fourth-order valence-electron chi connectivity index (χ4n) is 2.04. The lowest BCUT2D eigenvalue weighted by Gasteiger charge is -2.13. The highest BCUT2D eigenvalue weighted by atomic mass is 79.9. The lowest BCUT2D eigenvalue weighted by molar-refractivity contribution is 0.0857. The van der Waals surface area contributed by atoms with Crippen molar-refractivity contribution in [2.45, 2.75) is 23.8 Å². The molecule has 0 aromatic heterocycles. The van der Waals surface area contributed by atoms with Gasteiger partial charge in [0, 0.05) is 17.6 Å². The maximum absolute atomic E-state index is 12.1.